The van der Waals surface area contributed by atoms with Gasteiger partial charge in [0, 0.05) is 12.6 Å². The molecule has 0 N–H and O–H groups in total. The Morgan fingerprint density at radius 3 is 2.00 bits per heavy atom. The van der Waals surface area contributed by atoms with Crippen LogP contribution >= 0.6 is 0 Å². The molecule has 1 unspecified atom stereocenters. The zero-order valence-electron chi connectivity index (χ0n) is 13.1. The smallest absolute Gasteiger partial charge is 0.254 e. The molecule has 0 spiro atoms. The average Bonchev–Trinajstić information content (AvgIpc) is 2.54. The molecule has 2 nitrogen and oxygen atoms in total. The van der Waals surface area contributed by atoms with Crippen LogP contribution in [-0.4, -0.2) is 17.9 Å². The highest BCUT2D eigenvalue weighted by Crippen LogP contribution is 2.45. The van der Waals surface area contributed by atoms with Gasteiger partial charge in [0.2, 0.25) is 0 Å². The van der Waals surface area contributed by atoms with Crippen molar-refractivity contribution in [2.75, 3.05) is 7.05 Å². The Balaban J connectivity index is 2.35. The first-order chi connectivity index (χ1) is 9.91. The Hall–Kier alpha value is -2.09. The molecule has 1 amide bonds. The van der Waals surface area contributed by atoms with Crippen molar-refractivity contribution in [3.05, 3.63) is 59.7 Å². The summed E-state index contributed by atoms with van der Waals surface area (Å²) in [6.07, 6.45) is 0. The van der Waals surface area contributed by atoms with Gasteiger partial charge in [0.1, 0.15) is 0 Å². The number of hydrogen-bond donors (Lipinski definition) is 0. The molecule has 2 aromatic rings. The van der Waals surface area contributed by atoms with Crippen molar-refractivity contribution >= 4 is 5.91 Å². The third kappa shape index (κ3) is 2.15. The van der Waals surface area contributed by atoms with Gasteiger partial charge >= 0.3 is 0 Å². The topological polar surface area (TPSA) is 20.3 Å². The first-order valence-electron chi connectivity index (χ1n) is 7.37. The number of nitrogens with zero attached hydrogens (tertiary/aromatic N) is 1. The summed E-state index contributed by atoms with van der Waals surface area (Å²) >= 11 is 0. The van der Waals surface area contributed by atoms with E-state index in [0.717, 1.165) is 11.1 Å². The molecule has 1 aliphatic rings. The van der Waals surface area contributed by atoms with Gasteiger partial charge in [-0.3, -0.25) is 4.79 Å². The fraction of sp³-hybridized carbons (Fsp3) is 0.316. The molecule has 0 aliphatic carbocycles. The van der Waals surface area contributed by atoms with Gasteiger partial charge in [-0.2, -0.15) is 0 Å². The van der Waals surface area contributed by atoms with Crippen molar-refractivity contribution in [2.45, 2.75) is 26.8 Å². The lowest BCUT2D eigenvalue weighted by atomic mass is 9.79. The second-order valence-electron chi connectivity index (χ2n) is 6.82. The summed E-state index contributed by atoms with van der Waals surface area (Å²) in [5.41, 5.74) is 4.20. The molecule has 0 aromatic heterocycles. The maximum absolute atomic E-state index is 12.9. The van der Waals surface area contributed by atoms with Crippen molar-refractivity contribution in [1.82, 2.24) is 4.90 Å². The van der Waals surface area contributed by atoms with E-state index in [4.69, 9.17) is 0 Å². The Kier molecular flexibility index (Phi) is 3.12. The van der Waals surface area contributed by atoms with Crippen LogP contribution < -0.4 is 0 Å². The minimum atomic E-state index is -0.0252. The maximum atomic E-state index is 12.9. The number of amides is 1. The SMILES string of the molecule is CN1C(=O)c2ccccc2-c2ccccc2C1C(C)(C)C. The van der Waals surface area contributed by atoms with E-state index in [9.17, 15) is 4.79 Å². The lowest BCUT2D eigenvalue weighted by Gasteiger charge is -2.38. The number of carbonyl (C=O) groups is 1. The molecule has 1 heterocycles. The molecular formula is C19H21NO. The van der Waals surface area contributed by atoms with Crippen LogP contribution in [0.3, 0.4) is 0 Å². The highest BCUT2D eigenvalue weighted by molar-refractivity contribution is 6.02. The van der Waals surface area contributed by atoms with Gasteiger partial charge in [0.05, 0.1) is 6.04 Å². The predicted octanol–water partition coefficient (Wildman–Crippen LogP) is 4.53. The minimum Gasteiger partial charge on any atom is -0.334 e. The molecule has 0 radical (unpaired) electrons. The largest absolute Gasteiger partial charge is 0.334 e. The van der Waals surface area contributed by atoms with Crippen LogP contribution in [0.2, 0.25) is 0 Å². The lowest BCUT2D eigenvalue weighted by molar-refractivity contribution is 0.0602. The van der Waals surface area contributed by atoms with Crippen molar-refractivity contribution in [3.63, 3.8) is 0 Å². The van der Waals surface area contributed by atoms with E-state index >= 15 is 0 Å². The fourth-order valence-electron chi connectivity index (χ4n) is 3.45. The Labute approximate surface area is 126 Å². The van der Waals surface area contributed by atoms with Gasteiger partial charge < -0.3 is 4.90 Å². The minimum absolute atomic E-state index is 0.0252. The Bertz CT molecular complexity index is 697. The van der Waals surface area contributed by atoms with Crippen molar-refractivity contribution in [1.29, 1.82) is 0 Å². The zero-order chi connectivity index (χ0) is 15.2. The lowest BCUT2D eigenvalue weighted by Crippen LogP contribution is -2.37. The van der Waals surface area contributed by atoms with Gasteiger partial charge in [-0.25, -0.2) is 0 Å². The quantitative estimate of drug-likeness (QED) is 0.694. The molecule has 2 heteroatoms. The van der Waals surface area contributed by atoms with Crippen LogP contribution in [-0.2, 0) is 0 Å². The van der Waals surface area contributed by atoms with E-state index in [2.05, 4.69) is 39.0 Å². The van der Waals surface area contributed by atoms with Crippen LogP contribution in [0, 0.1) is 5.41 Å². The molecule has 108 valence electrons. The summed E-state index contributed by atoms with van der Waals surface area (Å²) in [6, 6.07) is 16.4. The summed E-state index contributed by atoms with van der Waals surface area (Å²) in [5, 5.41) is 0. The summed E-state index contributed by atoms with van der Waals surface area (Å²) in [7, 11) is 1.91. The van der Waals surface area contributed by atoms with Crippen LogP contribution in [0.25, 0.3) is 11.1 Å². The van der Waals surface area contributed by atoms with E-state index in [1.54, 1.807) is 0 Å². The van der Waals surface area contributed by atoms with Crippen LogP contribution in [0.5, 0.6) is 0 Å². The number of carbonyl (C=O) groups excluding carboxylic acids is 1. The molecule has 0 saturated heterocycles. The van der Waals surface area contributed by atoms with E-state index in [1.165, 1.54) is 11.1 Å². The number of hydrogen-bond acceptors (Lipinski definition) is 1. The number of fused-ring (bicyclic) bond motifs is 3. The molecule has 0 fully saturated rings. The van der Waals surface area contributed by atoms with Gasteiger partial charge in [-0.15, -0.1) is 0 Å². The predicted molar refractivity (Wildman–Crippen MR) is 86.2 cm³/mol. The van der Waals surface area contributed by atoms with E-state index in [1.807, 2.05) is 42.3 Å². The molecule has 1 atom stereocenters. The highest BCUT2D eigenvalue weighted by Gasteiger charge is 2.37. The zero-order valence-corrected chi connectivity index (χ0v) is 13.1. The van der Waals surface area contributed by atoms with Crippen LogP contribution in [0.1, 0.15) is 42.7 Å². The van der Waals surface area contributed by atoms with Crippen LogP contribution in [0.4, 0.5) is 0 Å². The second kappa shape index (κ2) is 4.73. The Morgan fingerprint density at radius 2 is 1.38 bits per heavy atom. The van der Waals surface area contributed by atoms with Gasteiger partial charge in [0.15, 0.2) is 0 Å². The monoisotopic (exact) mass is 279 g/mol. The number of rotatable bonds is 0. The van der Waals surface area contributed by atoms with Crippen LogP contribution in [0.15, 0.2) is 48.5 Å². The molecule has 3 rings (SSSR count). The maximum Gasteiger partial charge on any atom is 0.254 e. The Morgan fingerprint density at radius 1 is 0.857 bits per heavy atom. The average molecular weight is 279 g/mol. The van der Waals surface area contributed by atoms with Crippen molar-refractivity contribution in [2.24, 2.45) is 5.41 Å². The number of benzene rings is 2. The molecular weight excluding hydrogens is 258 g/mol. The van der Waals surface area contributed by atoms with Crippen molar-refractivity contribution < 1.29 is 4.79 Å². The summed E-state index contributed by atoms with van der Waals surface area (Å²) < 4.78 is 0. The molecule has 21 heavy (non-hydrogen) atoms. The summed E-state index contributed by atoms with van der Waals surface area (Å²) in [5.74, 6) is 0.0988. The summed E-state index contributed by atoms with van der Waals surface area (Å²) in [6.45, 7) is 6.57. The van der Waals surface area contributed by atoms with Gasteiger partial charge in [-0.1, -0.05) is 63.2 Å². The first-order valence-corrected chi connectivity index (χ1v) is 7.37. The van der Waals surface area contributed by atoms with E-state index < -0.39 is 0 Å². The highest BCUT2D eigenvalue weighted by atomic mass is 16.2. The molecule has 0 bridgehead atoms. The fourth-order valence-corrected chi connectivity index (χ4v) is 3.45. The van der Waals surface area contributed by atoms with E-state index in [-0.39, 0.29) is 17.4 Å². The third-order valence-corrected chi connectivity index (χ3v) is 4.23. The summed E-state index contributed by atoms with van der Waals surface area (Å²) in [4.78, 5) is 14.8. The van der Waals surface area contributed by atoms with Gasteiger partial charge in [0.25, 0.3) is 5.91 Å². The van der Waals surface area contributed by atoms with E-state index in [0.29, 0.717) is 0 Å². The second-order valence-corrected chi connectivity index (χ2v) is 6.82. The normalized spacial score (nSPS) is 18.0. The van der Waals surface area contributed by atoms with Gasteiger partial charge in [-0.05, 0) is 28.2 Å². The molecule has 1 aliphatic heterocycles. The molecule has 0 saturated carbocycles. The first kappa shape index (κ1) is 13.9. The molecule has 2 aromatic carbocycles. The van der Waals surface area contributed by atoms with Crippen molar-refractivity contribution in [3.8, 4) is 11.1 Å². The standard InChI is InChI=1S/C19H21NO/c1-19(2,3)17-15-11-7-5-9-13(15)14-10-6-8-12-16(14)18(21)20(17)4/h5-12,17H,1-4H3. The third-order valence-electron chi connectivity index (χ3n) is 4.23.